The molecule has 116 valence electrons. The van der Waals surface area contributed by atoms with Crippen molar-refractivity contribution >= 4 is 5.91 Å². The minimum atomic E-state index is -0.982. The summed E-state index contributed by atoms with van der Waals surface area (Å²) >= 11 is 0. The monoisotopic (exact) mass is 285 g/mol. The highest BCUT2D eigenvalue weighted by Crippen LogP contribution is 2.50. The lowest BCUT2D eigenvalue weighted by molar-refractivity contribution is -0.296. The first-order valence-corrected chi connectivity index (χ1v) is 7.06. The molecule has 0 aromatic carbocycles. The van der Waals surface area contributed by atoms with E-state index in [0.717, 1.165) is 0 Å². The van der Waals surface area contributed by atoms with E-state index in [1.54, 1.807) is 11.9 Å². The van der Waals surface area contributed by atoms with E-state index >= 15 is 0 Å². The predicted molar refractivity (Wildman–Crippen MR) is 74.2 cm³/mol. The van der Waals surface area contributed by atoms with Crippen molar-refractivity contribution in [1.29, 1.82) is 0 Å². The van der Waals surface area contributed by atoms with Gasteiger partial charge in [0, 0.05) is 18.1 Å². The van der Waals surface area contributed by atoms with Gasteiger partial charge in [-0.3, -0.25) is 4.79 Å². The number of amides is 1. The standard InChI is InChI=1S/C14H27N3O3/c1-11(2)8-14(9-12(3,4)16(11)19)10(18)15(7)13(5,6)17(14)20/h19-20H,8-9H2,1-7H3. The van der Waals surface area contributed by atoms with Crippen molar-refractivity contribution in [3.63, 3.8) is 0 Å². The second kappa shape index (κ2) is 3.94. The molecule has 0 radical (unpaired) electrons. The van der Waals surface area contributed by atoms with Crippen molar-refractivity contribution in [1.82, 2.24) is 15.0 Å². The molecule has 0 aromatic heterocycles. The number of hydroxylamine groups is 4. The molecule has 20 heavy (non-hydrogen) atoms. The molecule has 1 spiro atoms. The molecular formula is C14H27N3O3. The number of nitrogens with zero attached hydrogens (tertiary/aromatic N) is 3. The van der Waals surface area contributed by atoms with Gasteiger partial charge in [-0.2, -0.15) is 10.1 Å². The zero-order valence-corrected chi connectivity index (χ0v) is 13.6. The average Bonchev–Trinajstić information content (AvgIpc) is 2.41. The maximum absolute atomic E-state index is 12.8. The Morgan fingerprint density at radius 1 is 0.900 bits per heavy atom. The first-order chi connectivity index (χ1) is 8.79. The second-order valence-electron chi connectivity index (χ2n) is 7.99. The Kier molecular flexibility index (Phi) is 3.09. The predicted octanol–water partition coefficient (Wildman–Crippen LogP) is 1.67. The van der Waals surface area contributed by atoms with Crippen molar-refractivity contribution < 1.29 is 15.2 Å². The number of likely N-dealkylation sites (N-methyl/N-ethyl adjacent to an activating group) is 1. The van der Waals surface area contributed by atoms with Gasteiger partial charge in [-0.1, -0.05) is 0 Å². The van der Waals surface area contributed by atoms with Crippen LogP contribution in [0.3, 0.4) is 0 Å². The van der Waals surface area contributed by atoms with E-state index in [4.69, 9.17) is 0 Å². The topological polar surface area (TPSA) is 67.2 Å². The Morgan fingerprint density at radius 2 is 1.30 bits per heavy atom. The molecule has 2 saturated heterocycles. The molecule has 2 rings (SSSR count). The Hall–Kier alpha value is -0.690. The average molecular weight is 285 g/mol. The fourth-order valence-corrected chi connectivity index (χ4v) is 4.08. The van der Waals surface area contributed by atoms with Crippen LogP contribution in [-0.4, -0.2) is 60.7 Å². The number of rotatable bonds is 0. The molecule has 0 aromatic rings. The molecular weight excluding hydrogens is 258 g/mol. The van der Waals surface area contributed by atoms with E-state index in [9.17, 15) is 15.2 Å². The summed E-state index contributed by atoms with van der Waals surface area (Å²) < 4.78 is 0. The SMILES string of the molecule is CN1C(=O)C2(CC(C)(C)N(O)C(C)(C)C2)N(O)C1(C)C. The zero-order chi connectivity index (χ0) is 15.7. The van der Waals surface area contributed by atoms with Crippen LogP contribution >= 0.6 is 0 Å². The van der Waals surface area contributed by atoms with Crippen LogP contribution in [0.2, 0.25) is 0 Å². The molecule has 1 amide bonds. The number of carbonyl (C=O) groups is 1. The molecule has 0 aliphatic carbocycles. The normalized spacial score (nSPS) is 32.0. The summed E-state index contributed by atoms with van der Waals surface area (Å²) in [6, 6.07) is 0. The van der Waals surface area contributed by atoms with Crippen LogP contribution in [0.15, 0.2) is 0 Å². The molecule has 2 fully saturated rings. The van der Waals surface area contributed by atoms with Gasteiger partial charge >= 0.3 is 0 Å². The number of carbonyl (C=O) groups excluding carboxylic acids is 1. The third-order valence-corrected chi connectivity index (χ3v) is 5.04. The number of hydrogen-bond acceptors (Lipinski definition) is 5. The van der Waals surface area contributed by atoms with E-state index in [1.807, 2.05) is 41.5 Å². The van der Waals surface area contributed by atoms with Crippen LogP contribution in [0, 0.1) is 0 Å². The van der Waals surface area contributed by atoms with Crippen LogP contribution in [0.4, 0.5) is 0 Å². The molecule has 2 aliphatic rings. The molecule has 0 saturated carbocycles. The summed E-state index contributed by atoms with van der Waals surface area (Å²) in [7, 11) is 1.71. The van der Waals surface area contributed by atoms with Gasteiger partial charge < -0.3 is 15.3 Å². The minimum absolute atomic E-state index is 0.0840. The summed E-state index contributed by atoms with van der Waals surface area (Å²) in [5, 5.41) is 23.6. The van der Waals surface area contributed by atoms with Crippen LogP contribution in [0.1, 0.15) is 54.4 Å². The van der Waals surface area contributed by atoms with Gasteiger partial charge in [0.2, 0.25) is 5.91 Å². The maximum Gasteiger partial charge on any atom is 0.246 e. The lowest BCUT2D eigenvalue weighted by Crippen LogP contribution is -2.69. The minimum Gasteiger partial charge on any atom is -0.324 e. The van der Waals surface area contributed by atoms with Gasteiger partial charge in [0.05, 0.1) is 0 Å². The van der Waals surface area contributed by atoms with Crippen molar-refractivity contribution in [2.75, 3.05) is 7.05 Å². The van der Waals surface area contributed by atoms with Crippen LogP contribution in [-0.2, 0) is 4.79 Å². The Balaban J connectivity index is 2.54. The highest BCUT2D eigenvalue weighted by atomic mass is 16.5. The van der Waals surface area contributed by atoms with Crippen molar-refractivity contribution in [3.8, 4) is 0 Å². The lowest BCUT2D eigenvalue weighted by atomic mass is 9.70. The third kappa shape index (κ3) is 1.75. The Labute approximate surface area is 120 Å². The largest absolute Gasteiger partial charge is 0.324 e. The molecule has 2 N–H and O–H groups in total. The van der Waals surface area contributed by atoms with E-state index in [0.29, 0.717) is 12.8 Å². The Morgan fingerprint density at radius 3 is 1.60 bits per heavy atom. The summed E-state index contributed by atoms with van der Waals surface area (Å²) in [4.78, 5) is 14.4. The van der Waals surface area contributed by atoms with Gasteiger partial charge in [-0.25, -0.2) is 0 Å². The first kappa shape index (κ1) is 15.7. The summed E-state index contributed by atoms with van der Waals surface area (Å²) in [5.41, 5.74) is -2.93. The summed E-state index contributed by atoms with van der Waals surface area (Å²) in [5.74, 6) is -0.0840. The van der Waals surface area contributed by atoms with Gasteiger partial charge in [-0.15, -0.1) is 0 Å². The van der Waals surface area contributed by atoms with Crippen LogP contribution in [0.25, 0.3) is 0 Å². The van der Waals surface area contributed by atoms with Crippen LogP contribution < -0.4 is 0 Å². The van der Waals surface area contributed by atoms with Crippen molar-refractivity contribution in [2.45, 2.75) is 76.7 Å². The third-order valence-electron chi connectivity index (χ3n) is 5.04. The lowest BCUT2D eigenvalue weighted by Gasteiger charge is -2.55. The van der Waals surface area contributed by atoms with E-state index < -0.39 is 22.3 Å². The fourth-order valence-electron chi connectivity index (χ4n) is 4.08. The highest BCUT2D eigenvalue weighted by Gasteiger charge is 2.66. The Bertz CT molecular complexity index is 427. The second-order valence-corrected chi connectivity index (χ2v) is 7.99. The molecule has 0 unspecified atom stereocenters. The zero-order valence-electron chi connectivity index (χ0n) is 13.6. The quantitative estimate of drug-likeness (QED) is 0.708. The molecule has 2 aliphatic heterocycles. The highest BCUT2D eigenvalue weighted by molar-refractivity contribution is 5.89. The molecule has 0 atom stereocenters. The summed E-state index contributed by atoms with van der Waals surface area (Å²) in [6.07, 6.45) is 0.756. The molecule has 2 heterocycles. The van der Waals surface area contributed by atoms with Gasteiger partial charge in [0.15, 0.2) is 0 Å². The van der Waals surface area contributed by atoms with Crippen molar-refractivity contribution in [3.05, 3.63) is 0 Å². The fraction of sp³-hybridized carbons (Fsp3) is 0.929. The van der Waals surface area contributed by atoms with E-state index in [-0.39, 0.29) is 5.91 Å². The van der Waals surface area contributed by atoms with Crippen LogP contribution in [0.5, 0.6) is 0 Å². The van der Waals surface area contributed by atoms with Crippen molar-refractivity contribution in [2.24, 2.45) is 0 Å². The molecule has 6 nitrogen and oxygen atoms in total. The maximum atomic E-state index is 12.8. The van der Waals surface area contributed by atoms with E-state index in [1.165, 1.54) is 10.1 Å². The van der Waals surface area contributed by atoms with Gasteiger partial charge in [0.1, 0.15) is 11.2 Å². The molecule has 6 heteroatoms. The van der Waals surface area contributed by atoms with E-state index in [2.05, 4.69) is 0 Å². The first-order valence-electron chi connectivity index (χ1n) is 7.06. The molecule has 0 bridgehead atoms. The van der Waals surface area contributed by atoms with Gasteiger partial charge in [0.25, 0.3) is 0 Å². The number of hydrogen-bond donors (Lipinski definition) is 2. The number of piperidine rings is 1. The van der Waals surface area contributed by atoms with Gasteiger partial charge in [-0.05, 0) is 54.4 Å². The summed E-state index contributed by atoms with van der Waals surface area (Å²) in [6.45, 7) is 11.2. The smallest absolute Gasteiger partial charge is 0.246 e.